The molecule has 0 bridgehead atoms. The number of rotatable bonds is 4. The number of nitrogens with zero attached hydrogens (tertiary/aromatic N) is 2. The Hall–Kier alpha value is -2.76. The lowest BCUT2D eigenvalue weighted by Gasteiger charge is -2.22. The highest BCUT2D eigenvalue weighted by atomic mass is 79.9. The molecule has 6 nitrogen and oxygen atoms in total. The number of benzene rings is 1. The third-order valence-corrected chi connectivity index (χ3v) is 6.49. The number of hydrogen-bond acceptors (Lipinski definition) is 6. The van der Waals surface area contributed by atoms with Crippen LogP contribution in [0.5, 0.6) is 11.6 Å². The van der Waals surface area contributed by atoms with E-state index in [1.54, 1.807) is 11.3 Å². The predicted molar refractivity (Wildman–Crippen MR) is 110 cm³/mol. The highest BCUT2D eigenvalue weighted by Gasteiger charge is 2.35. The highest BCUT2D eigenvalue weighted by Crippen LogP contribution is 2.45. The van der Waals surface area contributed by atoms with Crippen LogP contribution in [-0.4, -0.2) is 10.2 Å². The van der Waals surface area contributed by atoms with Gasteiger partial charge in [-0.1, -0.05) is 12.1 Å². The first-order valence-electron chi connectivity index (χ1n) is 8.58. The van der Waals surface area contributed by atoms with E-state index in [1.807, 2.05) is 31.2 Å². The summed E-state index contributed by atoms with van der Waals surface area (Å²) in [6, 6.07) is 12.0. The van der Waals surface area contributed by atoms with E-state index in [0.29, 0.717) is 18.1 Å². The summed E-state index contributed by atoms with van der Waals surface area (Å²) < 4.78 is 12.4. The number of para-hydroxylation sites is 1. The van der Waals surface area contributed by atoms with Gasteiger partial charge in [-0.15, -0.1) is 16.4 Å². The van der Waals surface area contributed by atoms with Gasteiger partial charge in [0.25, 0.3) is 0 Å². The second kappa shape index (κ2) is 7.34. The smallest absolute Gasteiger partial charge is 0.244 e. The van der Waals surface area contributed by atoms with Crippen LogP contribution in [0.15, 0.2) is 46.3 Å². The summed E-state index contributed by atoms with van der Waals surface area (Å²) in [6.07, 6.45) is 0. The molecule has 3 aromatic rings. The van der Waals surface area contributed by atoms with Crippen molar-refractivity contribution >= 4 is 27.3 Å². The Morgan fingerprint density at radius 1 is 1.39 bits per heavy atom. The number of hydrogen-bond donors (Lipinski definition) is 2. The molecule has 0 spiro atoms. The third kappa shape index (κ3) is 3.17. The van der Waals surface area contributed by atoms with Crippen LogP contribution in [0, 0.1) is 25.2 Å². The van der Waals surface area contributed by atoms with Crippen molar-refractivity contribution in [1.82, 2.24) is 10.2 Å². The van der Waals surface area contributed by atoms with E-state index >= 15 is 0 Å². The van der Waals surface area contributed by atoms with Crippen molar-refractivity contribution in [3.8, 4) is 17.7 Å². The molecule has 1 atom stereocenters. The Balaban J connectivity index is 1.69. The van der Waals surface area contributed by atoms with Crippen LogP contribution in [0.2, 0.25) is 0 Å². The summed E-state index contributed by atoms with van der Waals surface area (Å²) >= 11 is 5.13. The van der Waals surface area contributed by atoms with E-state index in [2.05, 4.69) is 45.2 Å². The van der Waals surface area contributed by atoms with Crippen molar-refractivity contribution in [2.24, 2.45) is 5.73 Å². The molecular formula is C20H17BrN4O2S. The van der Waals surface area contributed by atoms with Gasteiger partial charge < -0.3 is 15.2 Å². The molecule has 1 aliphatic heterocycles. The number of allylic oxidation sites excluding steroid dienone is 1. The van der Waals surface area contributed by atoms with Gasteiger partial charge in [0, 0.05) is 21.0 Å². The van der Waals surface area contributed by atoms with Crippen LogP contribution in [0.1, 0.15) is 32.5 Å². The van der Waals surface area contributed by atoms with Gasteiger partial charge in [0.15, 0.2) is 0 Å². The number of halogens is 1. The molecule has 142 valence electrons. The third-order valence-electron chi connectivity index (χ3n) is 4.67. The second-order valence-corrected chi connectivity index (χ2v) is 8.58. The summed E-state index contributed by atoms with van der Waals surface area (Å²) in [5.74, 6) is 1.02. The molecule has 2 aromatic heterocycles. The van der Waals surface area contributed by atoms with Crippen molar-refractivity contribution in [3.05, 3.63) is 72.8 Å². The lowest BCUT2D eigenvalue weighted by molar-refractivity contribution is 0.304. The molecule has 0 radical (unpaired) electrons. The average Bonchev–Trinajstić information content (AvgIpc) is 3.22. The number of H-pyrrole nitrogens is 1. The number of fused-ring (bicyclic) bond motifs is 1. The fourth-order valence-corrected chi connectivity index (χ4v) is 4.79. The SMILES string of the molecule is Cc1[nH]nc2c1C(c1cc(COc3ccccc3Br)c(C)s1)C(C#N)=C(N)O2. The van der Waals surface area contributed by atoms with Crippen LogP contribution in [0.4, 0.5) is 0 Å². The lowest BCUT2D eigenvalue weighted by Crippen LogP contribution is -2.20. The topological polar surface area (TPSA) is 97.0 Å². The van der Waals surface area contributed by atoms with Crippen LogP contribution in [-0.2, 0) is 6.61 Å². The number of nitrogens with one attached hydrogen (secondary N) is 1. The maximum Gasteiger partial charge on any atom is 0.244 e. The van der Waals surface area contributed by atoms with E-state index in [0.717, 1.165) is 36.8 Å². The first kappa shape index (κ1) is 18.6. The number of thiophene rings is 1. The zero-order valence-corrected chi connectivity index (χ0v) is 17.6. The summed E-state index contributed by atoms with van der Waals surface area (Å²) in [4.78, 5) is 2.14. The molecule has 1 unspecified atom stereocenters. The van der Waals surface area contributed by atoms with E-state index in [1.165, 1.54) is 0 Å². The summed E-state index contributed by atoms with van der Waals surface area (Å²) in [5, 5.41) is 16.8. The van der Waals surface area contributed by atoms with Crippen molar-refractivity contribution in [1.29, 1.82) is 5.26 Å². The van der Waals surface area contributed by atoms with Crippen molar-refractivity contribution in [2.45, 2.75) is 26.4 Å². The summed E-state index contributed by atoms with van der Waals surface area (Å²) in [5.41, 5.74) is 9.17. The normalized spacial score (nSPS) is 15.7. The Kier molecular flexibility index (Phi) is 4.87. The second-order valence-electron chi connectivity index (χ2n) is 6.44. The van der Waals surface area contributed by atoms with Gasteiger partial charge in [0.05, 0.1) is 16.0 Å². The fourth-order valence-electron chi connectivity index (χ4n) is 3.23. The van der Waals surface area contributed by atoms with Crippen LogP contribution >= 0.6 is 27.3 Å². The predicted octanol–water partition coefficient (Wildman–Crippen LogP) is 4.65. The van der Waals surface area contributed by atoms with E-state index in [9.17, 15) is 5.26 Å². The van der Waals surface area contributed by atoms with Gasteiger partial charge in [-0.2, -0.15) is 5.26 Å². The zero-order chi connectivity index (χ0) is 19.8. The molecule has 0 saturated carbocycles. The quantitative estimate of drug-likeness (QED) is 0.595. The molecule has 1 aromatic carbocycles. The molecule has 3 heterocycles. The minimum atomic E-state index is -0.298. The fraction of sp³-hybridized carbons (Fsp3) is 0.200. The van der Waals surface area contributed by atoms with Gasteiger partial charge in [0.1, 0.15) is 24.0 Å². The van der Waals surface area contributed by atoms with E-state index < -0.39 is 0 Å². The van der Waals surface area contributed by atoms with Crippen molar-refractivity contribution in [2.75, 3.05) is 0 Å². The number of ether oxygens (including phenoxy) is 2. The minimum absolute atomic E-state index is 0.101. The van der Waals surface area contributed by atoms with Crippen molar-refractivity contribution in [3.63, 3.8) is 0 Å². The van der Waals surface area contributed by atoms with Gasteiger partial charge >= 0.3 is 0 Å². The molecular weight excluding hydrogens is 440 g/mol. The monoisotopic (exact) mass is 456 g/mol. The van der Waals surface area contributed by atoms with Gasteiger partial charge in [0.2, 0.25) is 11.8 Å². The molecule has 0 amide bonds. The van der Waals surface area contributed by atoms with Gasteiger partial charge in [-0.05, 0) is 48.0 Å². The number of aromatic nitrogens is 2. The van der Waals surface area contributed by atoms with Gasteiger partial charge in [-0.25, -0.2) is 0 Å². The molecule has 3 N–H and O–H groups in total. The highest BCUT2D eigenvalue weighted by molar-refractivity contribution is 9.10. The zero-order valence-electron chi connectivity index (χ0n) is 15.2. The minimum Gasteiger partial charge on any atom is -0.488 e. The molecule has 28 heavy (non-hydrogen) atoms. The largest absolute Gasteiger partial charge is 0.488 e. The Morgan fingerprint density at radius 3 is 2.93 bits per heavy atom. The number of nitriles is 1. The maximum atomic E-state index is 9.68. The Bertz CT molecular complexity index is 1130. The average molecular weight is 457 g/mol. The Labute approximate surface area is 174 Å². The van der Waals surface area contributed by atoms with Crippen molar-refractivity contribution < 1.29 is 9.47 Å². The van der Waals surface area contributed by atoms with Crippen LogP contribution in [0.3, 0.4) is 0 Å². The molecule has 4 rings (SSSR count). The standard InChI is InChI=1S/C20H17BrN4O2S/c1-10-17-18(13(8-22)19(23)27-20(17)25-24-10)16-7-12(11(2)28-16)9-26-15-6-4-3-5-14(15)21/h3-7,18H,9,23H2,1-2H3,(H,24,25). The number of nitrogens with two attached hydrogens (primary N) is 1. The number of aromatic amines is 1. The van der Waals surface area contributed by atoms with E-state index in [-0.39, 0.29) is 11.8 Å². The van der Waals surface area contributed by atoms with Gasteiger partial charge in [-0.3, -0.25) is 5.10 Å². The molecule has 0 fully saturated rings. The lowest BCUT2D eigenvalue weighted by atomic mass is 9.88. The first-order valence-corrected chi connectivity index (χ1v) is 10.2. The molecule has 0 aliphatic carbocycles. The molecule has 8 heteroatoms. The molecule has 0 saturated heterocycles. The van der Waals surface area contributed by atoms with Crippen LogP contribution in [0.25, 0.3) is 0 Å². The van der Waals surface area contributed by atoms with Crippen LogP contribution < -0.4 is 15.2 Å². The number of aryl methyl sites for hydroxylation is 2. The summed E-state index contributed by atoms with van der Waals surface area (Å²) in [7, 11) is 0. The summed E-state index contributed by atoms with van der Waals surface area (Å²) in [6.45, 7) is 4.40. The van der Waals surface area contributed by atoms with E-state index in [4.69, 9.17) is 15.2 Å². The Morgan fingerprint density at radius 2 is 2.18 bits per heavy atom. The molecule has 1 aliphatic rings. The first-order chi connectivity index (χ1) is 13.5. The maximum absolute atomic E-state index is 9.68.